The molecule has 2 N–H and O–H groups in total. The van der Waals surface area contributed by atoms with Crippen LogP contribution in [0.3, 0.4) is 0 Å². The molecule has 2 amide bonds. The average Bonchev–Trinajstić information content (AvgIpc) is 2.89. The lowest BCUT2D eigenvalue weighted by molar-refractivity contribution is -0.126. The monoisotopic (exact) mass is 345 g/mol. The normalized spacial score (nSPS) is 16.3. The molecule has 0 aliphatic carbocycles. The van der Waals surface area contributed by atoms with Crippen LogP contribution in [0.1, 0.15) is 41.3 Å². The Kier molecular flexibility index (Phi) is 4.83. The summed E-state index contributed by atoms with van der Waals surface area (Å²) in [6, 6.07) is 4.06. The van der Waals surface area contributed by atoms with Gasteiger partial charge in [0, 0.05) is 24.2 Å². The predicted octanol–water partition coefficient (Wildman–Crippen LogP) is 2.61. The van der Waals surface area contributed by atoms with Crippen LogP contribution < -0.4 is 10.6 Å². The van der Waals surface area contributed by atoms with E-state index in [2.05, 4.69) is 15.8 Å². The highest BCUT2D eigenvalue weighted by molar-refractivity contribution is 6.01. The summed E-state index contributed by atoms with van der Waals surface area (Å²) in [6.45, 7) is 4.21. The Labute approximate surface area is 144 Å². The first-order valence-electron chi connectivity index (χ1n) is 8.24. The molecule has 2 aromatic rings. The molecule has 1 aliphatic rings. The summed E-state index contributed by atoms with van der Waals surface area (Å²) < 4.78 is 18.6. The molecule has 25 heavy (non-hydrogen) atoms. The lowest BCUT2D eigenvalue weighted by Gasteiger charge is -2.24. The molecule has 0 unspecified atom stereocenters. The molecule has 1 atom stereocenters. The third-order valence-corrected chi connectivity index (χ3v) is 4.45. The smallest absolute Gasteiger partial charge is 0.228 e. The third kappa shape index (κ3) is 3.70. The number of carbonyl (C=O) groups is 2. The average molecular weight is 345 g/mol. The fourth-order valence-corrected chi connectivity index (χ4v) is 3.13. The van der Waals surface area contributed by atoms with Crippen molar-refractivity contribution in [1.29, 1.82) is 0 Å². The van der Waals surface area contributed by atoms with Gasteiger partial charge in [-0.05, 0) is 50.5 Å². The van der Waals surface area contributed by atoms with Crippen molar-refractivity contribution in [1.82, 2.24) is 10.5 Å². The van der Waals surface area contributed by atoms with Crippen LogP contribution in [0.2, 0.25) is 0 Å². The van der Waals surface area contributed by atoms with Gasteiger partial charge in [-0.25, -0.2) is 4.39 Å². The van der Waals surface area contributed by atoms with Gasteiger partial charge in [-0.1, -0.05) is 5.16 Å². The van der Waals surface area contributed by atoms with Crippen molar-refractivity contribution < 1.29 is 18.5 Å². The predicted molar refractivity (Wildman–Crippen MR) is 89.7 cm³/mol. The van der Waals surface area contributed by atoms with Gasteiger partial charge in [0.05, 0.1) is 11.6 Å². The van der Waals surface area contributed by atoms with E-state index in [0.29, 0.717) is 17.8 Å². The van der Waals surface area contributed by atoms with Crippen molar-refractivity contribution in [3.63, 3.8) is 0 Å². The molecule has 6 nitrogen and oxygen atoms in total. The second-order valence-corrected chi connectivity index (χ2v) is 6.23. The highest BCUT2D eigenvalue weighted by atomic mass is 19.1. The summed E-state index contributed by atoms with van der Waals surface area (Å²) >= 11 is 0. The lowest BCUT2D eigenvalue weighted by atomic mass is 9.89. The van der Waals surface area contributed by atoms with Crippen LogP contribution in [0.4, 0.5) is 10.1 Å². The van der Waals surface area contributed by atoms with Crippen LogP contribution in [0, 0.1) is 19.7 Å². The van der Waals surface area contributed by atoms with Crippen molar-refractivity contribution >= 4 is 17.5 Å². The molecule has 2 heterocycles. The van der Waals surface area contributed by atoms with E-state index >= 15 is 0 Å². The Bertz CT molecular complexity index is 796. The molecule has 3 rings (SSSR count). The number of hydrogen-bond acceptors (Lipinski definition) is 4. The van der Waals surface area contributed by atoms with Crippen LogP contribution in [-0.4, -0.2) is 23.5 Å². The van der Waals surface area contributed by atoms with Crippen molar-refractivity contribution in [2.45, 2.75) is 39.0 Å². The highest BCUT2D eigenvalue weighted by Crippen LogP contribution is 2.32. The zero-order chi connectivity index (χ0) is 18.0. The van der Waals surface area contributed by atoms with Crippen molar-refractivity contribution in [2.24, 2.45) is 0 Å². The van der Waals surface area contributed by atoms with Crippen molar-refractivity contribution in [2.75, 3.05) is 11.9 Å². The number of anilines is 1. The van der Waals surface area contributed by atoms with E-state index in [-0.39, 0.29) is 18.2 Å². The molecule has 0 spiro atoms. The summed E-state index contributed by atoms with van der Waals surface area (Å²) in [5, 5.41) is 9.41. The number of amides is 2. The van der Waals surface area contributed by atoms with Crippen LogP contribution in [0.25, 0.3) is 0 Å². The third-order valence-electron chi connectivity index (χ3n) is 4.45. The number of rotatable bonds is 5. The summed E-state index contributed by atoms with van der Waals surface area (Å²) in [5.74, 6) is -0.808. The molecule has 1 aromatic heterocycles. The largest absolute Gasteiger partial charge is 0.361 e. The molecule has 0 radical (unpaired) electrons. The lowest BCUT2D eigenvalue weighted by Crippen LogP contribution is -2.35. The number of carbonyl (C=O) groups excluding carboxylic acids is 2. The van der Waals surface area contributed by atoms with E-state index < -0.39 is 11.7 Å². The number of aromatic nitrogens is 1. The van der Waals surface area contributed by atoms with E-state index in [1.54, 1.807) is 0 Å². The minimum Gasteiger partial charge on any atom is -0.361 e. The first-order chi connectivity index (χ1) is 12.0. The van der Waals surface area contributed by atoms with E-state index in [9.17, 15) is 14.0 Å². The van der Waals surface area contributed by atoms with Crippen LogP contribution >= 0.6 is 0 Å². The Morgan fingerprint density at radius 1 is 1.44 bits per heavy atom. The zero-order valence-electron chi connectivity index (χ0n) is 14.2. The Hall–Kier alpha value is -2.70. The summed E-state index contributed by atoms with van der Waals surface area (Å²) in [7, 11) is 0. The van der Waals surface area contributed by atoms with E-state index in [4.69, 9.17) is 4.52 Å². The van der Waals surface area contributed by atoms with Gasteiger partial charge in [-0.3, -0.25) is 9.59 Å². The Balaban J connectivity index is 1.60. The van der Waals surface area contributed by atoms with Gasteiger partial charge in [0.25, 0.3) is 0 Å². The topological polar surface area (TPSA) is 84.2 Å². The molecule has 0 fully saturated rings. The van der Waals surface area contributed by atoms with Crippen LogP contribution in [-0.2, 0) is 16.0 Å². The Morgan fingerprint density at radius 2 is 2.24 bits per heavy atom. The molecule has 0 saturated heterocycles. The maximum absolute atomic E-state index is 13.5. The minimum absolute atomic E-state index is 0.0200. The maximum Gasteiger partial charge on any atom is 0.228 e. The molecule has 132 valence electrons. The first kappa shape index (κ1) is 17.1. The SMILES string of the molecule is Cc1noc(C)c1CCCNC(=O)[C@@H]1CC(=O)Nc2ccc(F)cc21. The summed E-state index contributed by atoms with van der Waals surface area (Å²) in [5.41, 5.74) is 2.92. The number of halogens is 1. The number of aryl methyl sites for hydroxylation is 2. The molecule has 1 aliphatic heterocycles. The second kappa shape index (κ2) is 7.04. The highest BCUT2D eigenvalue weighted by Gasteiger charge is 2.30. The molecule has 0 saturated carbocycles. The van der Waals surface area contributed by atoms with E-state index in [1.165, 1.54) is 18.2 Å². The molecule has 0 bridgehead atoms. The quantitative estimate of drug-likeness (QED) is 0.816. The zero-order valence-corrected chi connectivity index (χ0v) is 14.2. The van der Waals surface area contributed by atoms with Gasteiger partial charge in [0.2, 0.25) is 11.8 Å². The Morgan fingerprint density at radius 3 is 2.96 bits per heavy atom. The van der Waals surface area contributed by atoms with Crippen LogP contribution in [0.5, 0.6) is 0 Å². The number of fused-ring (bicyclic) bond motifs is 1. The van der Waals surface area contributed by atoms with E-state index in [1.807, 2.05) is 13.8 Å². The van der Waals surface area contributed by atoms with Gasteiger partial charge in [-0.2, -0.15) is 0 Å². The van der Waals surface area contributed by atoms with Crippen molar-refractivity contribution in [3.8, 4) is 0 Å². The maximum atomic E-state index is 13.5. The van der Waals surface area contributed by atoms with E-state index in [0.717, 1.165) is 29.9 Å². The minimum atomic E-state index is -0.668. The second-order valence-electron chi connectivity index (χ2n) is 6.23. The number of nitrogens with one attached hydrogen (secondary N) is 2. The molecule has 1 aromatic carbocycles. The van der Waals surface area contributed by atoms with Gasteiger partial charge in [0.1, 0.15) is 11.6 Å². The summed E-state index contributed by atoms with van der Waals surface area (Å²) in [4.78, 5) is 24.3. The standard InChI is InChI=1S/C18H20FN3O3/c1-10-13(11(2)25-22-10)4-3-7-20-18(24)15-9-17(23)21-16-6-5-12(19)8-14(15)16/h5-6,8,15H,3-4,7,9H2,1-2H3,(H,20,24)(H,21,23)/t15-/m1/s1. The fourth-order valence-electron chi connectivity index (χ4n) is 3.13. The summed E-state index contributed by atoms with van der Waals surface area (Å²) in [6.07, 6.45) is 1.49. The molecular formula is C18H20FN3O3. The fraction of sp³-hybridized carbons (Fsp3) is 0.389. The van der Waals surface area contributed by atoms with Gasteiger partial charge < -0.3 is 15.2 Å². The molecule has 7 heteroatoms. The van der Waals surface area contributed by atoms with Gasteiger partial charge in [-0.15, -0.1) is 0 Å². The number of hydrogen-bond donors (Lipinski definition) is 2. The van der Waals surface area contributed by atoms with Gasteiger partial charge >= 0.3 is 0 Å². The number of nitrogens with zero attached hydrogens (tertiary/aromatic N) is 1. The van der Waals surface area contributed by atoms with Crippen molar-refractivity contribution in [3.05, 3.63) is 46.6 Å². The first-order valence-corrected chi connectivity index (χ1v) is 8.24. The van der Waals surface area contributed by atoms with Crippen LogP contribution in [0.15, 0.2) is 22.7 Å². The molecular weight excluding hydrogens is 325 g/mol. The number of benzene rings is 1. The van der Waals surface area contributed by atoms with Gasteiger partial charge in [0.15, 0.2) is 0 Å².